The molecule has 3 aromatic rings. The minimum absolute atomic E-state index is 0.0868. The van der Waals surface area contributed by atoms with Crippen LogP contribution < -0.4 is 5.43 Å². The minimum atomic E-state index is -3.02. The first-order valence-electron chi connectivity index (χ1n) is 9.56. The molecule has 1 amide bonds. The highest BCUT2D eigenvalue weighted by Crippen LogP contribution is 2.27. The van der Waals surface area contributed by atoms with E-state index in [9.17, 15) is 18.3 Å². The Balaban J connectivity index is 1.52. The lowest BCUT2D eigenvalue weighted by Crippen LogP contribution is -2.18. The third kappa shape index (κ3) is 3.80. The van der Waals surface area contributed by atoms with E-state index in [0.29, 0.717) is 12.1 Å². The molecule has 2 aromatic carbocycles. The highest BCUT2D eigenvalue weighted by molar-refractivity contribution is 7.91. The van der Waals surface area contributed by atoms with Gasteiger partial charge in [-0.25, -0.2) is 13.8 Å². The smallest absolute Gasteiger partial charge is 0.275 e. The van der Waals surface area contributed by atoms with E-state index in [0.717, 1.165) is 22.0 Å². The first-order chi connectivity index (χ1) is 14.2. The third-order valence-electron chi connectivity index (χ3n) is 5.40. The number of aryl methyl sites for hydroxylation is 1. The zero-order chi connectivity index (χ0) is 21.5. The average Bonchev–Trinajstić information content (AvgIpc) is 3.20. The zero-order valence-electron chi connectivity index (χ0n) is 16.7. The molecule has 0 aliphatic carbocycles. The molecule has 2 N–H and O–H groups in total. The number of aromatic hydroxyl groups is 1. The largest absolute Gasteiger partial charge is 0.507 e. The SMILES string of the molecule is Cc1nn(C2CCS(=O)(=O)C2)c(C)c1C=NNC(=O)c1cc2ccccc2cc1O. The number of carbonyl (C=O) groups excluding carboxylic acids is 1. The second-order valence-electron chi connectivity index (χ2n) is 7.50. The summed E-state index contributed by atoms with van der Waals surface area (Å²) < 4.78 is 25.3. The fourth-order valence-electron chi connectivity index (χ4n) is 3.81. The summed E-state index contributed by atoms with van der Waals surface area (Å²) in [6.07, 6.45) is 2.03. The lowest BCUT2D eigenvalue weighted by Gasteiger charge is -2.10. The monoisotopic (exact) mass is 426 g/mol. The Morgan fingerprint density at radius 3 is 2.63 bits per heavy atom. The third-order valence-corrected chi connectivity index (χ3v) is 7.15. The number of aromatic nitrogens is 2. The quantitative estimate of drug-likeness (QED) is 0.491. The van der Waals surface area contributed by atoms with Gasteiger partial charge in [0.2, 0.25) is 0 Å². The van der Waals surface area contributed by atoms with Gasteiger partial charge in [0.15, 0.2) is 9.84 Å². The Labute approximate surface area is 174 Å². The Bertz CT molecular complexity index is 1280. The molecular formula is C21H22N4O4S. The van der Waals surface area contributed by atoms with Gasteiger partial charge in [0.05, 0.1) is 35.0 Å². The van der Waals surface area contributed by atoms with E-state index in [1.165, 1.54) is 6.21 Å². The highest BCUT2D eigenvalue weighted by Gasteiger charge is 2.31. The topological polar surface area (TPSA) is 114 Å². The van der Waals surface area contributed by atoms with Gasteiger partial charge in [-0.3, -0.25) is 9.48 Å². The summed E-state index contributed by atoms with van der Waals surface area (Å²) in [5.74, 6) is -0.392. The van der Waals surface area contributed by atoms with Gasteiger partial charge >= 0.3 is 0 Å². The standard InChI is InChI=1S/C21H22N4O4S/c1-13-19(14(2)25(24-13)17-7-8-30(28,29)12-17)11-22-23-21(27)18-9-15-5-3-4-6-16(15)10-20(18)26/h3-6,9-11,17,26H,7-8,12H2,1-2H3,(H,23,27). The summed E-state index contributed by atoms with van der Waals surface area (Å²) in [7, 11) is -3.02. The van der Waals surface area contributed by atoms with Crippen molar-refractivity contribution >= 4 is 32.7 Å². The van der Waals surface area contributed by atoms with Crippen molar-refractivity contribution in [1.82, 2.24) is 15.2 Å². The Hall–Kier alpha value is -3.20. The van der Waals surface area contributed by atoms with Crippen LogP contribution >= 0.6 is 0 Å². The summed E-state index contributed by atoms with van der Waals surface area (Å²) in [5, 5.41) is 20.3. The summed E-state index contributed by atoms with van der Waals surface area (Å²) in [5.41, 5.74) is 4.78. The normalized spacial score (nSPS) is 18.3. The molecule has 2 heterocycles. The van der Waals surface area contributed by atoms with Crippen LogP contribution in [0.25, 0.3) is 10.8 Å². The molecule has 4 rings (SSSR count). The first kappa shape index (κ1) is 20.1. The second-order valence-corrected chi connectivity index (χ2v) is 9.73. The maximum atomic E-state index is 12.5. The average molecular weight is 426 g/mol. The fraction of sp³-hybridized carbons (Fsp3) is 0.286. The van der Waals surface area contributed by atoms with Gasteiger partial charge < -0.3 is 5.11 Å². The van der Waals surface area contributed by atoms with E-state index < -0.39 is 15.7 Å². The van der Waals surface area contributed by atoms with Crippen LogP contribution in [0.15, 0.2) is 41.5 Å². The molecule has 0 saturated carbocycles. The molecule has 8 nitrogen and oxygen atoms in total. The van der Waals surface area contributed by atoms with Gasteiger partial charge in [0, 0.05) is 11.3 Å². The molecule has 0 radical (unpaired) electrons. The maximum Gasteiger partial charge on any atom is 0.275 e. The van der Waals surface area contributed by atoms with Crippen LogP contribution in [-0.4, -0.2) is 46.9 Å². The van der Waals surface area contributed by atoms with Crippen LogP contribution in [0.2, 0.25) is 0 Å². The van der Waals surface area contributed by atoms with E-state index in [2.05, 4.69) is 15.6 Å². The number of amides is 1. The lowest BCUT2D eigenvalue weighted by atomic mass is 10.1. The number of sulfone groups is 1. The second kappa shape index (κ2) is 7.56. The number of rotatable bonds is 4. The van der Waals surface area contributed by atoms with Crippen molar-refractivity contribution in [2.45, 2.75) is 26.3 Å². The van der Waals surface area contributed by atoms with Gasteiger partial charge in [-0.2, -0.15) is 10.2 Å². The van der Waals surface area contributed by atoms with Gasteiger partial charge in [0.25, 0.3) is 5.91 Å². The number of nitrogens with zero attached hydrogens (tertiary/aromatic N) is 3. The van der Waals surface area contributed by atoms with E-state index in [1.807, 2.05) is 38.1 Å². The number of phenolic OH excluding ortho intramolecular Hbond substituents is 1. The Morgan fingerprint density at radius 2 is 1.97 bits per heavy atom. The maximum absolute atomic E-state index is 12.5. The van der Waals surface area contributed by atoms with Crippen LogP contribution in [0.4, 0.5) is 0 Å². The van der Waals surface area contributed by atoms with Crippen molar-refractivity contribution in [2.24, 2.45) is 5.10 Å². The van der Waals surface area contributed by atoms with Crippen LogP contribution in [0.1, 0.15) is 39.8 Å². The number of fused-ring (bicyclic) bond motifs is 1. The molecule has 1 aliphatic rings. The molecule has 30 heavy (non-hydrogen) atoms. The number of carbonyl (C=O) groups is 1. The number of phenols is 1. The molecule has 0 spiro atoms. The molecule has 9 heteroatoms. The lowest BCUT2D eigenvalue weighted by molar-refractivity contribution is 0.0952. The van der Waals surface area contributed by atoms with Crippen molar-refractivity contribution < 1.29 is 18.3 Å². The molecule has 1 fully saturated rings. The van der Waals surface area contributed by atoms with Crippen LogP contribution in [0.3, 0.4) is 0 Å². The molecule has 1 unspecified atom stereocenters. The number of benzene rings is 2. The Kier molecular flexibility index (Phi) is 5.07. The number of nitrogens with one attached hydrogen (secondary N) is 1. The van der Waals surface area contributed by atoms with Crippen molar-refractivity contribution in [2.75, 3.05) is 11.5 Å². The summed E-state index contributed by atoms with van der Waals surface area (Å²) in [4.78, 5) is 12.5. The fourth-order valence-corrected chi connectivity index (χ4v) is 5.50. The number of hydrazone groups is 1. The predicted molar refractivity (Wildman–Crippen MR) is 115 cm³/mol. The van der Waals surface area contributed by atoms with E-state index in [-0.39, 0.29) is 28.9 Å². The van der Waals surface area contributed by atoms with Crippen molar-refractivity contribution in [1.29, 1.82) is 0 Å². The van der Waals surface area contributed by atoms with Crippen LogP contribution in [0, 0.1) is 13.8 Å². The molecule has 156 valence electrons. The van der Waals surface area contributed by atoms with Crippen molar-refractivity contribution in [3.05, 3.63) is 58.9 Å². The predicted octanol–water partition coefficient (Wildman–Crippen LogP) is 2.48. The van der Waals surface area contributed by atoms with Gasteiger partial charge in [-0.15, -0.1) is 0 Å². The van der Waals surface area contributed by atoms with Crippen molar-refractivity contribution in [3.8, 4) is 5.75 Å². The molecule has 1 atom stereocenters. The molecule has 1 saturated heterocycles. The molecule has 0 bridgehead atoms. The van der Waals surface area contributed by atoms with Gasteiger partial charge in [-0.1, -0.05) is 24.3 Å². The number of hydrogen-bond donors (Lipinski definition) is 2. The zero-order valence-corrected chi connectivity index (χ0v) is 17.5. The van der Waals surface area contributed by atoms with Crippen molar-refractivity contribution in [3.63, 3.8) is 0 Å². The molecule has 1 aliphatic heterocycles. The first-order valence-corrected chi connectivity index (χ1v) is 11.4. The van der Waals surface area contributed by atoms with E-state index >= 15 is 0 Å². The summed E-state index contributed by atoms with van der Waals surface area (Å²) >= 11 is 0. The molecular weight excluding hydrogens is 404 g/mol. The van der Waals surface area contributed by atoms with Gasteiger partial charge in [-0.05, 0) is 43.2 Å². The number of hydrogen-bond acceptors (Lipinski definition) is 6. The molecule has 1 aromatic heterocycles. The van der Waals surface area contributed by atoms with E-state index in [4.69, 9.17) is 0 Å². The van der Waals surface area contributed by atoms with Crippen LogP contribution in [-0.2, 0) is 9.84 Å². The Morgan fingerprint density at radius 1 is 1.27 bits per heavy atom. The summed E-state index contributed by atoms with van der Waals surface area (Å²) in [6, 6.07) is 10.4. The summed E-state index contributed by atoms with van der Waals surface area (Å²) in [6.45, 7) is 3.66. The van der Waals surface area contributed by atoms with Gasteiger partial charge in [0.1, 0.15) is 5.75 Å². The highest BCUT2D eigenvalue weighted by atomic mass is 32.2. The van der Waals surface area contributed by atoms with E-state index in [1.54, 1.807) is 16.8 Å². The van der Waals surface area contributed by atoms with Crippen LogP contribution in [0.5, 0.6) is 5.75 Å². The minimum Gasteiger partial charge on any atom is -0.507 e.